The van der Waals surface area contributed by atoms with E-state index in [9.17, 15) is 4.79 Å². The zero-order valence-corrected chi connectivity index (χ0v) is 11.0. The molecular weight excluding hydrogens is 236 g/mol. The van der Waals surface area contributed by atoms with Crippen LogP contribution in [0.3, 0.4) is 0 Å². The highest BCUT2D eigenvalue weighted by Gasteiger charge is 2.54. The Morgan fingerprint density at radius 1 is 1.00 bits per heavy atom. The molecule has 4 aliphatic carbocycles. The van der Waals surface area contributed by atoms with Crippen molar-refractivity contribution in [2.24, 2.45) is 23.7 Å². The molecule has 0 saturated heterocycles. The zero-order chi connectivity index (χ0) is 12.8. The van der Waals surface area contributed by atoms with Crippen molar-refractivity contribution in [3.8, 4) is 0 Å². The van der Waals surface area contributed by atoms with Crippen LogP contribution in [0.5, 0.6) is 0 Å². The molecule has 5 rings (SSSR count). The number of anilines is 1. The predicted octanol–water partition coefficient (Wildman–Crippen LogP) is 3.24. The van der Waals surface area contributed by atoms with E-state index >= 15 is 0 Å². The molecule has 5 unspecified atom stereocenters. The average Bonchev–Trinajstić information content (AvgIpc) is 2.82. The zero-order valence-electron chi connectivity index (χ0n) is 11.0. The van der Waals surface area contributed by atoms with Gasteiger partial charge in [-0.15, -0.1) is 0 Å². The van der Waals surface area contributed by atoms with Crippen LogP contribution in [-0.4, -0.2) is 12.1 Å². The normalized spacial score (nSPS) is 38.4. The molecule has 4 saturated carbocycles. The fraction of sp³-hybridized carbons (Fsp3) is 0.562. The van der Waals surface area contributed by atoms with E-state index in [-0.39, 0.29) is 6.03 Å². The number of benzene rings is 1. The number of urea groups is 1. The monoisotopic (exact) mass is 256 g/mol. The minimum atomic E-state index is -0.0350. The van der Waals surface area contributed by atoms with E-state index in [1.807, 2.05) is 30.3 Å². The van der Waals surface area contributed by atoms with Gasteiger partial charge in [0.25, 0.3) is 0 Å². The van der Waals surface area contributed by atoms with Gasteiger partial charge in [0.15, 0.2) is 0 Å². The van der Waals surface area contributed by atoms with E-state index in [0.717, 1.165) is 29.4 Å². The average molecular weight is 256 g/mol. The van der Waals surface area contributed by atoms with E-state index in [0.29, 0.717) is 6.04 Å². The Hall–Kier alpha value is -1.51. The van der Waals surface area contributed by atoms with Gasteiger partial charge in [-0.25, -0.2) is 4.79 Å². The first-order chi connectivity index (χ1) is 9.29. The van der Waals surface area contributed by atoms with Gasteiger partial charge in [-0.05, 0) is 61.5 Å². The maximum absolute atomic E-state index is 12.1. The summed E-state index contributed by atoms with van der Waals surface area (Å²) in [7, 11) is 0. The number of para-hydroxylation sites is 1. The first-order valence-corrected chi connectivity index (χ1v) is 7.42. The topological polar surface area (TPSA) is 41.1 Å². The summed E-state index contributed by atoms with van der Waals surface area (Å²) in [4.78, 5) is 12.1. The highest BCUT2D eigenvalue weighted by Crippen LogP contribution is 2.57. The van der Waals surface area contributed by atoms with Gasteiger partial charge in [0.2, 0.25) is 0 Å². The molecule has 1 aromatic carbocycles. The quantitative estimate of drug-likeness (QED) is 0.838. The Balaban J connectivity index is 1.41. The van der Waals surface area contributed by atoms with Gasteiger partial charge in [0, 0.05) is 11.7 Å². The molecular formula is C16H20N2O. The van der Waals surface area contributed by atoms with Crippen molar-refractivity contribution in [2.45, 2.75) is 31.7 Å². The van der Waals surface area contributed by atoms with Crippen molar-refractivity contribution >= 4 is 11.7 Å². The largest absolute Gasteiger partial charge is 0.335 e. The number of nitrogens with one attached hydrogen (secondary N) is 2. The molecule has 3 heteroatoms. The molecule has 19 heavy (non-hydrogen) atoms. The Bertz CT molecular complexity index is 483. The van der Waals surface area contributed by atoms with Crippen LogP contribution in [-0.2, 0) is 0 Å². The molecule has 3 nitrogen and oxygen atoms in total. The van der Waals surface area contributed by atoms with Crippen LogP contribution in [0.2, 0.25) is 0 Å². The van der Waals surface area contributed by atoms with Crippen molar-refractivity contribution in [1.29, 1.82) is 0 Å². The van der Waals surface area contributed by atoms with Gasteiger partial charge >= 0.3 is 6.03 Å². The lowest BCUT2D eigenvalue weighted by Crippen LogP contribution is -2.45. The molecule has 0 heterocycles. The summed E-state index contributed by atoms with van der Waals surface area (Å²) in [6, 6.07) is 10.1. The number of hydrogen-bond donors (Lipinski definition) is 2. The van der Waals surface area contributed by atoms with Crippen LogP contribution < -0.4 is 10.6 Å². The molecule has 0 spiro atoms. The summed E-state index contributed by atoms with van der Waals surface area (Å²) in [5, 5.41) is 6.17. The maximum atomic E-state index is 12.1. The van der Waals surface area contributed by atoms with Gasteiger partial charge in [-0.1, -0.05) is 18.2 Å². The molecule has 5 atom stereocenters. The number of rotatable bonds is 2. The molecule has 100 valence electrons. The summed E-state index contributed by atoms with van der Waals surface area (Å²) in [6.07, 6.45) is 5.44. The van der Waals surface area contributed by atoms with E-state index in [1.54, 1.807) is 0 Å². The van der Waals surface area contributed by atoms with Crippen LogP contribution in [0.15, 0.2) is 30.3 Å². The van der Waals surface area contributed by atoms with Crippen LogP contribution in [0.25, 0.3) is 0 Å². The molecule has 0 aliphatic heterocycles. The van der Waals surface area contributed by atoms with Gasteiger partial charge in [0.05, 0.1) is 0 Å². The van der Waals surface area contributed by atoms with Crippen molar-refractivity contribution in [3.63, 3.8) is 0 Å². The second-order valence-corrected chi connectivity index (χ2v) is 6.48. The number of carbonyl (C=O) groups is 1. The highest BCUT2D eigenvalue weighted by atomic mass is 16.2. The molecule has 0 radical (unpaired) electrons. The van der Waals surface area contributed by atoms with Crippen LogP contribution in [0.4, 0.5) is 10.5 Å². The summed E-state index contributed by atoms with van der Waals surface area (Å²) in [6.45, 7) is 0. The third-order valence-electron chi connectivity index (χ3n) is 5.39. The van der Waals surface area contributed by atoms with Gasteiger partial charge < -0.3 is 10.6 Å². The summed E-state index contributed by atoms with van der Waals surface area (Å²) < 4.78 is 0. The second kappa shape index (κ2) is 4.26. The smallest absolute Gasteiger partial charge is 0.319 e. The SMILES string of the molecule is O=C(Nc1ccccc1)NC1C2CC3CC(C2)C1C3. The lowest BCUT2D eigenvalue weighted by Gasteiger charge is -2.32. The minimum absolute atomic E-state index is 0.0350. The first-order valence-electron chi connectivity index (χ1n) is 7.42. The van der Waals surface area contributed by atoms with Crippen LogP contribution >= 0.6 is 0 Å². The van der Waals surface area contributed by atoms with E-state index in [4.69, 9.17) is 0 Å². The third kappa shape index (κ3) is 1.92. The minimum Gasteiger partial charge on any atom is -0.335 e. The van der Waals surface area contributed by atoms with E-state index < -0.39 is 0 Å². The Labute approximate surface area is 113 Å². The fourth-order valence-electron chi connectivity index (χ4n) is 4.80. The predicted molar refractivity (Wildman–Crippen MR) is 74.8 cm³/mol. The van der Waals surface area contributed by atoms with E-state index in [1.165, 1.54) is 25.7 Å². The van der Waals surface area contributed by atoms with Gasteiger partial charge in [-0.2, -0.15) is 0 Å². The van der Waals surface area contributed by atoms with Gasteiger partial charge in [-0.3, -0.25) is 0 Å². The third-order valence-corrected chi connectivity index (χ3v) is 5.39. The summed E-state index contributed by atoms with van der Waals surface area (Å²) in [5.41, 5.74) is 0.868. The van der Waals surface area contributed by atoms with E-state index in [2.05, 4.69) is 10.6 Å². The highest BCUT2D eigenvalue weighted by molar-refractivity contribution is 5.89. The van der Waals surface area contributed by atoms with Crippen molar-refractivity contribution in [2.75, 3.05) is 5.32 Å². The van der Waals surface area contributed by atoms with Crippen molar-refractivity contribution in [1.82, 2.24) is 5.32 Å². The number of hydrogen-bond acceptors (Lipinski definition) is 1. The fourth-order valence-corrected chi connectivity index (χ4v) is 4.80. The Morgan fingerprint density at radius 2 is 1.79 bits per heavy atom. The molecule has 0 aromatic heterocycles. The standard InChI is InChI=1S/C16H20N2O/c19-16(17-13-4-2-1-3-5-13)18-15-12-7-10-6-11(9-12)14(15)8-10/h1-5,10-12,14-15H,6-9H2,(H2,17,18,19). The molecule has 4 bridgehead atoms. The molecule has 4 fully saturated rings. The number of amides is 2. The second-order valence-electron chi connectivity index (χ2n) is 6.48. The lowest BCUT2D eigenvalue weighted by atomic mass is 9.79. The number of carbonyl (C=O) groups excluding carboxylic acids is 1. The molecule has 1 aromatic rings. The van der Waals surface area contributed by atoms with Gasteiger partial charge in [0.1, 0.15) is 0 Å². The Morgan fingerprint density at radius 3 is 2.58 bits per heavy atom. The molecule has 2 amide bonds. The molecule has 4 aliphatic rings. The maximum Gasteiger partial charge on any atom is 0.319 e. The Kier molecular flexibility index (Phi) is 2.54. The summed E-state index contributed by atoms with van der Waals surface area (Å²) >= 11 is 0. The summed E-state index contributed by atoms with van der Waals surface area (Å²) in [5.74, 6) is 3.35. The van der Waals surface area contributed by atoms with Crippen molar-refractivity contribution < 1.29 is 4.79 Å². The first kappa shape index (κ1) is 11.3. The van der Waals surface area contributed by atoms with Crippen LogP contribution in [0, 0.1) is 23.7 Å². The van der Waals surface area contributed by atoms with Crippen LogP contribution in [0.1, 0.15) is 25.7 Å². The lowest BCUT2D eigenvalue weighted by molar-refractivity contribution is 0.210. The van der Waals surface area contributed by atoms with Crippen molar-refractivity contribution in [3.05, 3.63) is 30.3 Å². The molecule has 2 N–H and O–H groups in total.